The van der Waals surface area contributed by atoms with Crippen LogP contribution in [0.1, 0.15) is 25.7 Å². The molecule has 2 aromatic heterocycles. The fraction of sp³-hybridized carbons (Fsp3) is 0.500. The minimum atomic E-state index is 0.264. The first kappa shape index (κ1) is 11.9. The van der Waals surface area contributed by atoms with Crippen molar-refractivity contribution in [2.24, 2.45) is 11.7 Å². The van der Waals surface area contributed by atoms with Gasteiger partial charge in [0.25, 0.3) is 0 Å². The molecule has 3 rings (SSSR count). The molecule has 3 nitrogen and oxygen atoms in total. The van der Waals surface area contributed by atoms with Crippen LogP contribution in [0.4, 0.5) is 0 Å². The van der Waals surface area contributed by atoms with E-state index < -0.39 is 0 Å². The average molecular weight is 261 g/mol. The van der Waals surface area contributed by atoms with Crippen molar-refractivity contribution in [2.75, 3.05) is 0 Å². The molecule has 1 aliphatic carbocycles. The lowest BCUT2D eigenvalue weighted by Crippen LogP contribution is -2.33. The highest BCUT2D eigenvalue weighted by atomic mass is 32.1. The van der Waals surface area contributed by atoms with Crippen molar-refractivity contribution in [3.8, 4) is 10.7 Å². The molecule has 0 radical (unpaired) electrons. The number of imidazole rings is 1. The molecule has 1 saturated carbocycles. The number of hydrogen-bond acceptors (Lipinski definition) is 3. The van der Waals surface area contributed by atoms with Crippen LogP contribution in [0.15, 0.2) is 29.9 Å². The zero-order valence-corrected chi connectivity index (χ0v) is 11.3. The molecule has 1 aliphatic rings. The van der Waals surface area contributed by atoms with Crippen molar-refractivity contribution in [2.45, 2.75) is 38.3 Å². The molecule has 1 fully saturated rings. The molecule has 1 unspecified atom stereocenters. The van der Waals surface area contributed by atoms with Crippen LogP contribution < -0.4 is 5.73 Å². The monoisotopic (exact) mass is 261 g/mol. The summed E-state index contributed by atoms with van der Waals surface area (Å²) in [5, 5.41) is 2.09. The highest BCUT2D eigenvalue weighted by Crippen LogP contribution is 2.29. The van der Waals surface area contributed by atoms with Gasteiger partial charge in [-0.2, -0.15) is 0 Å². The maximum Gasteiger partial charge on any atom is 0.150 e. The Morgan fingerprint density at radius 1 is 1.44 bits per heavy atom. The number of aromatic nitrogens is 2. The second kappa shape index (κ2) is 5.24. The Balaban J connectivity index is 1.75. The van der Waals surface area contributed by atoms with Crippen molar-refractivity contribution in [3.05, 3.63) is 29.9 Å². The first-order valence-electron chi connectivity index (χ1n) is 6.65. The van der Waals surface area contributed by atoms with E-state index in [2.05, 4.69) is 27.1 Å². The summed E-state index contributed by atoms with van der Waals surface area (Å²) < 4.78 is 2.20. The van der Waals surface area contributed by atoms with Gasteiger partial charge in [-0.3, -0.25) is 0 Å². The van der Waals surface area contributed by atoms with Gasteiger partial charge in [-0.25, -0.2) is 4.98 Å². The molecule has 0 aliphatic heterocycles. The van der Waals surface area contributed by atoms with Crippen LogP contribution in [-0.4, -0.2) is 15.6 Å². The highest BCUT2D eigenvalue weighted by Gasteiger charge is 2.22. The van der Waals surface area contributed by atoms with Crippen molar-refractivity contribution in [1.82, 2.24) is 9.55 Å². The van der Waals surface area contributed by atoms with Crippen LogP contribution in [0.25, 0.3) is 10.7 Å². The molecular formula is C14H19N3S. The predicted molar refractivity (Wildman–Crippen MR) is 75.5 cm³/mol. The van der Waals surface area contributed by atoms with Crippen LogP contribution in [0.2, 0.25) is 0 Å². The number of thiophene rings is 1. The van der Waals surface area contributed by atoms with E-state index in [-0.39, 0.29) is 6.04 Å². The molecule has 0 bridgehead atoms. The Hall–Kier alpha value is -1.13. The van der Waals surface area contributed by atoms with Crippen molar-refractivity contribution >= 4 is 11.3 Å². The maximum atomic E-state index is 6.35. The summed E-state index contributed by atoms with van der Waals surface area (Å²) in [7, 11) is 0. The van der Waals surface area contributed by atoms with E-state index in [9.17, 15) is 0 Å². The van der Waals surface area contributed by atoms with E-state index in [4.69, 9.17) is 5.73 Å². The zero-order valence-electron chi connectivity index (χ0n) is 10.5. The minimum absolute atomic E-state index is 0.264. The lowest BCUT2D eigenvalue weighted by atomic mass is 9.99. The summed E-state index contributed by atoms with van der Waals surface area (Å²) in [6.45, 7) is 0.887. The second-order valence-electron chi connectivity index (χ2n) is 5.09. The van der Waals surface area contributed by atoms with Crippen molar-refractivity contribution in [1.29, 1.82) is 0 Å². The number of nitrogens with two attached hydrogens (primary N) is 1. The largest absolute Gasteiger partial charge is 0.329 e. The Kier molecular flexibility index (Phi) is 3.48. The smallest absolute Gasteiger partial charge is 0.150 e. The van der Waals surface area contributed by atoms with E-state index in [1.54, 1.807) is 11.3 Å². The van der Waals surface area contributed by atoms with Gasteiger partial charge >= 0.3 is 0 Å². The fourth-order valence-corrected chi connectivity index (χ4v) is 3.59. The van der Waals surface area contributed by atoms with Crippen LogP contribution in [0.3, 0.4) is 0 Å². The second-order valence-corrected chi connectivity index (χ2v) is 6.04. The van der Waals surface area contributed by atoms with Gasteiger partial charge in [0.05, 0.1) is 4.88 Å². The lowest BCUT2D eigenvalue weighted by Gasteiger charge is -2.20. The lowest BCUT2D eigenvalue weighted by molar-refractivity contribution is 0.389. The maximum absolute atomic E-state index is 6.35. The van der Waals surface area contributed by atoms with Crippen molar-refractivity contribution < 1.29 is 0 Å². The molecule has 96 valence electrons. The van der Waals surface area contributed by atoms with Gasteiger partial charge in [-0.1, -0.05) is 18.9 Å². The van der Waals surface area contributed by atoms with Gasteiger partial charge in [0.2, 0.25) is 0 Å². The Labute approximate surface area is 112 Å². The van der Waals surface area contributed by atoms with Gasteiger partial charge < -0.3 is 10.3 Å². The third-order valence-corrected chi connectivity index (χ3v) is 4.74. The zero-order chi connectivity index (χ0) is 12.4. The summed E-state index contributed by atoms with van der Waals surface area (Å²) >= 11 is 1.73. The summed E-state index contributed by atoms with van der Waals surface area (Å²) in [4.78, 5) is 5.68. The summed E-state index contributed by atoms with van der Waals surface area (Å²) in [6, 6.07) is 4.45. The quantitative estimate of drug-likeness (QED) is 0.919. The standard InChI is InChI=1S/C14H19N3S/c15-12(11-4-1-2-5-11)10-17-8-7-16-14(17)13-6-3-9-18-13/h3,6-9,11-12H,1-2,4-5,10,15H2. The van der Waals surface area contributed by atoms with Crippen LogP contribution in [-0.2, 0) is 6.54 Å². The van der Waals surface area contributed by atoms with E-state index in [0.29, 0.717) is 5.92 Å². The molecular weight excluding hydrogens is 242 g/mol. The third kappa shape index (κ3) is 2.35. The molecule has 0 saturated heterocycles. The van der Waals surface area contributed by atoms with Crippen LogP contribution >= 0.6 is 11.3 Å². The first-order chi connectivity index (χ1) is 8.84. The van der Waals surface area contributed by atoms with E-state index in [1.165, 1.54) is 30.6 Å². The summed E-state index contributed by atoms with van der Waals surface area (Å²) in [5.74, 6) is 1.75. The van der Waals surface area contributed by atoms with Gasteiger partial charge in [0, 0.05) is 25.0 Å². The molecule has 1 atom stereocenters. The summed E-state index contributed by atoms with van der Waals surface area (Å²) in [5.41, 5.74) is 6.35. The number of hydrogen-bond donors (Lipinski definition) is 1. The van der Waals surface area contributed by atoms with Gasteiger partial charge in [-0.05, 0) is 30.2 Å². The Morgan fingerprint density at radius 2 is 2.28 bits per heavy atom. The third-order valence-electron chi connectivity index (χ3n) is 3.87. The Morgan fingerprint density at radius 3 is 3.00 bits per heavy atom. The molecule has 18 heavy (non-hydrogen) atoms. The SMILES string of the molecule is NC(Cn1ccnc1-c1cccs1)C1CCCC1. The highest BCUT2D eigenvalue weighted by molar-refractivity contribution is 7.13. The molecule has 2 aromatic rings. The van der Waals surface area contributed by atoms with E-state index in [0.717, 1.165) is 12.4 Å². The molecule has 0 amide bonds. The topological polar surface area (TPSA) is 43.8 Å². The molecule has 0 spiro atoms. The fourth-order valence-electron chi connectivity index (χ4n) is 2.85. The predicted octanol–water partition coefficient (Wildman–Crippen LogP) is 3.13. The van der Waals surface area contributed by atoms with E-state index in [1.807, 2.05) is 12.4 Å². The van der Waals surface area contributed by atoms with Crippen LogP contribution in [0, 0.1) is 5.92 Å². The van der Waals surface area contributed by atoms with Crippen molar-refractivity contribution in [3.63, 3.8) is 0 Å². The average Bonchev–Trinajstić information content (AvgIpc) is 3.11. The normalized spacial score (nSPS) is 18.3. The van der Waals surface area contributed by atoms with Crippen LogP contribution in [0.5, 0.6) is 0 Å². The van der Waals surface area contributed by atoms with Gasteiger partial charge in [0.15, 0.2) is 0 Å². The number of nitrogens with zero attached hydrogens (tertiary/aromatic N) is 2. The molecule has 0 aromatic carbocycles. The Bertz CT molecular complexity index is 483. The van der Waals surface area contributed by atoms with E-state index >= 15 is 0 Å². The molecule has 4 heteroatoms. The number of rotatable bonds is 4. The molecule has 2 N–H and O–H groups in total. The molecule has 2 heterocycles. The minimum Gasteiger partial charge on any atom is -0.329 e. The van der Waals surface area contributed by atoms with Gasteiger partial charge in [-0.15, -0.1) is 11.3 Å². The van der Waals surface area contributed by atoms with Gasteiger partial charge in [0.1, 0.15) is 5.82 Å². The summed E-state index contributed by atoms with van der Waals surface area (Å²) in [6.07, 6.45) is 9.20. The first-order valence-corrected chi connectivity index (χ1v) is 7.53.